The Kier molecular flexibility index (Phi) is 2.81. The fourth-order valence-electron chi connectivity index (χ4n) is 0.695. The van der Waals surface area contributed by atoms with Gasteiger partial charge in [-0.2, -0.15) is 0 Å². The molecule has 4 nitrogen and oxygen atoms in total. The number of thiazole rings is 1. The first-order valence-electron chi connectivity index (χ1n) is 3.12. The van der Waals surface area contributed by atoms with Crippen LogP contribution in [-0.4, -0.2) is 23.8 Å². The van der Waals surface area contributed by atoms with E-state index in [1.54, 1.807) is 6.20 Å². The van der Waals surface area contributed by atoms with Crippen LogP contribution in [-0.2, 0) is 4.74 Å². The van der Waals surface area contributed by atoms with Crippen molar-refractivity contribution in [3.05, 3.63) is 11.1 Å². The molecule has 0 aliphatic heterocycles. The topological polar surface area (TPSA) is 68.4 Å². The highest BCUT2D eigenvalue weighted by Gasteiger charge is 2.09. The van der Waals surface area contributed by atoms with Gasteiger partial charge in [0.1, 0.15) is 6.10 Å². The average molecular weight is 174 g/mol. The summed E-state index contributed by atoms with van der Waals surface area (Å²) in [4.78, 5) is 4.54. The van der Waals surface area contributed by atoms with E-state index in [9.17, 15) is 5.11 Å². The fraction of sp³-hybridized carbons (Fsp3) is 0.500. The summed E-state index contributed by atoms with van der Waals surface area (Å²) < 4.78 is 4.76. The second-order valence-electron chi connectivity index (χ2n) is 2.07. The molecule has 0 amide bonds. The van der Waals surface area contributed by atoms with Crippen molar-refractivity contribution in [3.63, 3.8) is 0 Å². The maximum absolute atomic E-state index is 9.32. The number of aliphatic hydroxyl groups is 1. The highest BCUT2D eigenvalue weighted by atomic mass is 32.1. The summed E-state index contributed by atoms with van der Waals surface area (Å²) in [6.07, 6.45) is 0.957. The van der Waals surface area contributed by atoms with Gasteiger partial charge in [-0.3, -0.25) is 0 Å². The molecule has 0 aliphatic carbocycles. The van der Waals surface area contributed by atoms with E-state index in [-0.39, 0.29) is 6.61 Å². The van der Waals surface area contributed by atoms with Gasteiger partial charge in [-0.15, -0.1) is 0 Å². The zero-order chi connectivity index (χ0) is 8.27. The van der Waals surface area contributed by atoms with Crippen LogP contribution in [0.15, 0.2) is 6.20 Å². The van der Waals surface area contributed by atoms with E-state index in [0.29, 0.717) is 5.13 Å². The Morgan fingerprint density at radius 3 is 3.09 bits per heavy atom. The molecule has 1 rings (SSSR count). The maximum atomic E-state index is 9.32. The molecule has 1 atom stereocenters. The summed E-state index contributed by atoms with van der Waals surface area (Å²) in [5.41, 5.74) is 5.37. The minimum atomic E-state index is -0.602. The Morgan fingerprint density at radius 1 is 1.91 bits per heavy atom. The highest BCUT2D eigenvalue weighted by molar-refractivity contribution is 7.15. The van der Waals surface area contributed by atoms with Gasteiger partial charge in [0.25, 0.3) is 0 Å². The van der Waals surface area contributed by atoms with Crippen molar-refractivity contribution in [2.75, 3.05) is 19.5 Å². The summed E-state index contributed by atoms with van der Waals surface area (Å²) in [7, 11) is 1.54. The third kappa shape index (κ3) is 2.14. The van der Waals surface area contributed by atoms with Crippen LogP contribution in [0.3, 0.4) is 0 Å². The molecule has 1 aromatic heterocycles. The van der Waals surface area contributed by atoms with Crippen molar-refractivity contribution >= 4 is 16.5 Å². The average Bonchev–Trinajstić information content (AvgIpc) is 2.36. The molecular weight excluding hydrogens is 164 g/mol. The van der Waals surface area contributed by atoms with Crippen LogP contribution in [0, 0.1) is 0 Å². The van der Waals surface area contributed by atoms with Gasteiger partial charge in [0.2, 0.25) is 0 Å². The lowest BCUT2D eigenvalue weighted by molar-refractivity contribution is 0.0665. The fourth-order valence-corrected chi connectivity index (χ4v) is 1.35. The van der Waals surface area contributed by atoms with Gasteiger partial charge < -0.3 is 15.6 Å². The van der Waals surface area contributed by atoms with E-state index >= 15 is 0 Å². The normalized spacial score (nSPS) is 13.3. The second-order valence-corrected chi connectivity index (χ2v) is 3.17. The van der Waals surface area contributed by atoms with E-state index in [1.165, 1.54) is 18.4 Å². The Morgan fingerprint density at radius 2 is 2.64 bits per heavy atom. The van der Waals surface area contributed by atoms with E-state index in [0.717, 1.165) is 4.88 Å². The molecule has 11 heavy (non-hydrogen) atoms. The number of hydrogen-bond donors (Lipinski definition) is 2. The zero-order valence-electron chi connectivity index (χ0n) is 6.15. The van der Waals surface area contributed by atoms with Crippen LogP contribution in [0.2, 0.25) is 0 Å². The first kappa shape index (κ1) is 8.45. The number of nitrogens with two attached hydrogens (primary N) is 1. The molecule has 62 valence electrons. The molecule has 0 radical (unpaired) electrons. The van der Waals surface area contributed by atoms with Crippen molar-refractivity contribution < 1.29 is 9.84 Å². The van der Waals surface area contributed by atoms with Gasteiger partial charge in [0.15, 0.2) is 5.13 Å². The van der Waals surface area contributed by atoms with Gasteiger partial charge in [0.05, 0.1) is 11.5 Å². The third-order valence-corrected chi connectivity index (χ3v) is 2.12. The van der Waals surface area contributed by atoms with Gasteiger partial charge in [0, 0.05) is 13.3 Å². The van der Waals surface area contributed by atoms with Gasteiger partial charge in [-0.1, -0.05) is 11.3 Å². The molecule has 5 heteroatoms. The lowest BCUT2D eigenvalue weighted by Gasteiger charge is -2.04. The summed E-state index contributed by atoms with van der Waals surface area (Å²) >= 11 is 1.27. The molecule has 0 aliphatic rings. The molecule has 0 saturated heterocycles. The van der Waals surface area contributed by atoms with Crippen molar-refractivity contribution in [1.29, 1.82) is 0 Å². The molecule has 0 saturated carbocycles. The van der Waals surface area contributed by atoms with Crippen molar-refractivity contribution in [2.24, 2.45) is 0 Å². The highest BCUT2D eigenvalue weighted by Crippen LogP contribution is 2.21. The lowest BCUT2D eigenvalue weighted by atomic mass is 10.3. The van der Waals surface area contributed by atoms with Crippen LogP contribution in [0.4, 0.5) is 5.13 Å². The predicted octanol–water partition coefficient (Wildman–Crippen LogP) is 0.405. The molecule has 0 aromatic carbocycles. The summed E-state index contributed by atoms with van der Waals surface area (Å²) in [6.45, 7) is 0.279. The first-order valence-corrected chi connectivity index (χ1v) is 3.94. The predicted molar refractivity (Wildman–Crippen MR) is 43.4 cm³/mol. The standard InChI is InChI=1S/C6H10N2O2S/c1-10-3-4(9)5-2-8-6(7)11-5/h2,4,9H,3H2,1H3,(H2,7,8). The minimum Gasteiger partial charge on any atom is -0.385 e. The molecule has 3 N–H and O–H groups in total. The zero-order valence-corrected chi connectivity index (χ0v) is 6.97. The lowest BCUT2D eigenvalue weighted by Crippen LogP contribution is -2.02. The number of methoxy groups -OCH3 is 1. The van der Waals surface area contributed by atoms with Crippen LogP contribution >= 0.6 is 11.3 Å². The number of anilines is 1. The van der Waals surface area contributed by atoms with Gasteiger partial charge in [-0.05, 0) is 0 Å². The Balaban J connectivity index is 2.60. The van der Waals surface area contributed by atoms with Crippen LogP contribution < -0.4 is 5.73 Å². The summed E-state index contributed by atoms with van der Waals surface area (Å²) in [6, 6.07) is 0. The van der Waals surface area contributed by atoms with E-state index < -0.39 is 6.10 Å². The van der Waals surface area contributed by atoms with E-state index in [2.05, 4.69) is 4.98 Å². The largest absolute Gasteiger partial charge is 0.385 e. The molecule has 0 spiro atoms. The Hall–Kier alpha value is -0.650. The first-order chi connectivity index (χ1) is 5.24. The van der Waals surface area contributed by atoms with Crippen LogP contribution in [0.1, 0.15) is 11.0 Å². The molecule has 0 fully saturated rings. The second kappa shape index (κ2) is 3.66. The number of aliphatic hydroxyl groups excluding tert-OH is 1. The van der Waals surface area contributed by atoms with Gasteiger partial charge in [-0.25, -0.2) is 4.98 Å². The number of aromatic nitrogens is 1. The number of ether oxygens (including phenoxy) is 1. The number of nitrogen functional groups attached to an aromatic ring is 1. The smallest absolute Gasteiger partial charge is 0.180 e. The minimum absolute atomic E-state index is 0.279. The maximum Gasteiger partial charge on any atom is 0.180 e. The quantitative estimate of drug-likeness (QED) is 0.696. The third-order valence-electron chi connectivity index (χ3n) is 1.19. The van der Waals surface area contributed by atoms with E-state index in [4.69, 9.17) is 10.5 Å². The summed E-state index contributed by atoms with van der Waals surface area (Å²) in [5, 5.41) is 9.79. The Bertz CT molecular complexity index is 226. The van der Waals surface area contributed by atoms with Crippen LogP contribution in [0.5, 0.6) is 0 Å². The van der Waals surface area contributed by atoms with Crippen molar-refractivity contribution in [2.45, 2.75) is 6.10 Å². The van der Waals surface area contributed by atoms with E-state index in [1.807, 2.05) is 0 Å². The van der Waals surface area contributed by atoms with Crippen LogP contribution in [0.25, 0.3) is 0 Å². The monoisotopic (exact) mass is 174 g/mol. The van der Waals surface area contributed by atoms with Crippen molar-refractivity contribution in [3.8, 4) is 0 Å². The molecule has 1 aromatic rings. The molecular formula is C6H10N2O2S. The van der Waals surface area contributed by atoms with Gasteiger partial charge >= 0.3 is 0 Å². The summed E-state index contributed by atoms with van der Waals surface area (Å²) in [5.74, 6) is 0. The number of hydrogen-bond acceptors (Lipinski definition) is 5. The molecule has 0 bridgehead atoms. The SMILES string of the molecule is COCC(O)c1cnc(N)s1. The van der Waals surface area contributed by atoms with Crippen molar-refractivity contribution in [1.82, 2.24) is 4.98 Å². The Labute approximate surface area is 68.6 Å². The molecule has 1 unspecified atom stereocenters. The number of nitrogens with zero attached hydrogens (tertiary/aromatic N) is 1. The molecule has 1 heterocycles. The number of rotatable bonds is 3.